The number of rotatable bonds is 10. The zero-order chi connectivity index (χ0) is 28.3. The van der Waals surface area contributed by atoms with Gasteiger partial charge < -0.3 is 25.6 Å². The summed E-state index contributed by atoms with van der Waals surface area (Å²) in [6.07, 6.45) is -2.79. The number of aliphatic hydroxyl groups is 1. The summed E-state index contributed by atoms with van der Waals surface area (Å²) < 4.78 is 57.4. The van der Waals surface area contributed by atoms with Crippen LogP contribution in [0.4, 0.5) is 13.2 Å². The van der Waals surface area contributed by atoms with Gasteiger partial charge in [0.15, 0.2) is 0 Å². The number of alkyl halides is 3. The first-order valence-corrected chi connectivity index (χ1v) is 13.4. The SMILES string of the molecule is N[C@@](CO)(COP(=O)(O)O)c1ncc(-c2ccc(CCc3ccc(-c4ccccc4)cc3)c(C(F)(F)F)c2)[nH]1. The molecule has 1 heterocycles. The molecule has 0 fully saturated rings. The number of phosphoric ester groups is 1. The maximum atomic E-state index is 14.0. The molecule has 0 bridgehead atoms. The lowest BCUT2D eigenvalue weighted by Crippen LogP contribution is -2.45. The molecule has 0 aliphatic rings. The van der Waals surface area contributed by atoms with E-state index in [0.29, 0.717) is 6.42 Å². The summed E-state index contributed by atoms with van der Waals surface area (Å²) >= 11 is 0. The summed E-state index contributed by atoms with van der Waals surface area (Å²) in [5, 5.41) is 9.66. The normalized spacial score (nSPS) is 13.8. The van der Waals surface area contributed by atoms with Gasteiger partial charge in [0.25, 0.3) is 0 Å². The fourth-order valence-electron chi connectivity index (χ4n) is 4.11. The lowest BCUT2D eigenvalue weighted by atomic mass is 9.96. The van der Waals surface area contributed by atoms with Crippen molar-refractivity contribution >= 4 is 7.82 Å². The molecule has 4 rings (SSSR count). The lowest BCUT2D eigenvalue weighted by molar-refractivity contribution is -0.138. The molecule has 0 amide bonds. The largest absolute Gasteiger partial charge is 0.469 e. The van der Waals surface area contributed by atoms with E-state index in [9.17, 15) is 22.8 Å². The zero-order valence-corrected chi connectivity index (χ0v) is 21.5. The van der Waals surface area contributed by atoms with E-state index in [1.54, 1.807) is 0 Å². The maximum absolute atomic E-state index is 14.0. The predicted molar refractivity (Wildman–Crippen MR) is 139 cm³/mol. The molecular weight excluding hydrogens is 534 g/mol. The monoisotopic (exact) mass is 561 g/mol. The number of halogens is 3. The highest BCUT2D eigenvalue weighted by Gasteiger charge is 2.35. The Balaban J connectivity index is 1.53. The van der Waals surface area contributed by atoms with Crippen molar-refractivity contribution in [2.45, 2.75) is 24.6 Å². The second-order valence-electron chi connectivity index (χ2n) is 9.16. The summed E-state index contributed by atoms with van der Waals surface area (Å²) in [5.41, 5.74) is 6.86. The first kappa shape index (κ1) is 28.7. The quantitative estimate of drug-likeness (QED) is 0.175. The summed E-state index contributed by atoms with van der Waals surface area (Å²) in [4.78, 5) is 24.6. The molecule has 0 saturated carbocycles. The summed E-state index contributed by atoms with van der Waals surface area (Å²) in [7, 11) is -4.88. The smallest absolute Gasteiger partial charge is 0.394 e. The van der Waals surface area contributed by atoms with Gasteiger partial charge in [0.2, 0.25) is 0 Å². The Hall–Kier alpha value is -3.31. The Labute approximate surface area is 222 Å². The zero-order valence-electron chi connectivity index (χ0n) is 20.6. The van der Waals surface area contributed by atoms with E-state index >= 15 is 0 Å². The van der Waals surface area contributed by atoms with Crippen LogP contribution in [0.3, 0.4) is 0 Å². The minimum Gasteiger partial charge on any atom is -0.394 e. The molecule has 4 aromatic rings. The van der Waals surface area contributed by atoms with Crippen LogP contribution in [-0.2, 0) is 33.6 Å². The molecule has 0 aliphatic heterocycles. The second kappa shape index (κ2) is 11.4. The molecule has 12 heteroatoms. The van der Waals surface area contributed by atoms with Gasteiger partial charge in [-0.2, -0.15) is 13.2 Å². The molecule has 0 spiro atoms. The lowest BCUT2D eigenvalue weighted by Gasteiger charge is -2.24. The topological polar surface area (TPSA) is 142 Å². The fourth-order valence-corrected chi connectivity index (χ4v) is 4.51. The number of nitrogens with zero attached hydrogens (tertiary/aromatic N) is 1. The average Bonchev–Trinajstić information content (AvgIpc) is 3.42. The fraction of sp³-hybridized carbons (Fsp3) is 0.222. The van der Waals surface area contributed by atoms with Crippen molar-refractivity contribution in [1.29, 1.82) is 0 Å². The number of aromatic amines is 1. The Morgan fingerprint density at radius 2 is 1.56 bits per heavy atom. The summed E-state index contributed by atoms with van der Waals surface area (Å²) in [5.74, 6) is -0.106. The van der Waals surface area contributed by atoms with E-state index in [4.69, 9.17) is 15.5 Å². The number of phosphoric acid groups is 1. The van der Waals surface area contributed by atoms with Crippen molar-refractivity contribution in [3.05, 3.63) is 102 Å². The van der Waals surface area contributed by atoms with Crippen molar-refractivity contribution < 1.29 is 37.2 Å². The highest BCUT2D eigenvalue weighted by molar-refractivity contribution is 7.46. The highest BCUT2D eigenvalue weighted by atomic mass is 31.2. The van der Waals surface area contributed by atoms with Gasteiger partial charge >= 0.3 is 14.0 Å². The third-order valence-electron chi connectivity index (χ3n) is 6.29. The minimum atomic E-state index is -4.88. The molecule has 3 aromatic carbocycles. The van der Waals surface area contributed by atoms with Crippen molar-refractivity contribution in [2.24, 2.45) is 5.73 Å². The highest BCUT2D eigenvalue weighted by Crippen LogP contribution is 2.38. The van der Waals surface area contributed by atoms with Gasteiger partial charge in [-0.05, 0) is 41.2 Å². The van der Waals surface area contributed by atoms with Crippen LogP contribution in [0.15, 0.2) is 79.0 Å². The van der Waals surface area contributed by atoms with Gasteiger partial charge in [0, 0.05) is 5.56 Å². The Morgan fingerprint density at radius 3 is 2.18 bits per heavy atom. The Bertz CT molecular complexity index is 1460. The molecule has 39 heavy (non-hydrogen) atoms. The third kappa shape index (κ3) is 7.21. The standard InChI is InChI=1S/C27H27F3N3O5P/c28-27(29,30)23-14-22(24-15-32-25(33-24)26(31,16-34)17-38-39(35,36)37)13-12-21(23)11-8-18-6-9-20(10-7-18)19-4-2-1-3-5-19/h1-7,9-10,12-15,34H,8,11,16-17,31H2,(H,32,33)(H2,35,36,37)/t26-/m0/s1. The molecule has 1 atom stereocenters. The van der Waals surface area contributed by atoms with Crippen molar-refractivity contribution in [1.82, 2.24) is 9.97 Å². The number of hydrogen-bond donors (Lipinski definition) is 5. The molecule has 1 aromatic heterocycles. The number of nitrogens with one attached hydrogen (secondary N) is 1. The van der Waals surface area contributed by atoms with Crippen LogP contribution >= 0.6 is 7.82 Å². The van der Waals surface area contributed by atoms with Gasteiger partial charge in [-0.15, -0.1) is 0 Å². The Kier molecular flexibility index (Phi) is 8.41. The predicted octanol–water partition coefficient (Wildman–Crippen LogP) is 4.80. The molecule has 8 nitrogen and oxygen atoms in total. The summed E-state index contributed by atoms with van der Waals surface area (Å²) in [6.45, 7) is -1.57. The van der Waals surface area contributed by atoms with E-state index in [2.05, 4.69) is 14.5 Å². The van der Waals surface area contributed by atoms with E-state index in [-0.39, 0.29) is 29.1 Å². The van der Waals surface area contributed by atoms with Gasteiger partial charge in [0.05, 0.1) is 30.7 Å². The number of imidazole rings is 1. The van der Waals surface area contributed by atoms with Crippen LogP contribution in [0.5, 0.6) is 0 Å². The first-order chi connectivity index (χ1) is 18.4. The second-order valence-corrected chi connectivity index (χ2v) is 10.4. The first-order valence-electron chi connectivity index (χ1n) is 11.9. The van der Waals surface area contributed by atoms with Gasteiger partial charge in [-0.25, -0.2) is 9.55 Å². The van der Waals surface area contributed by atoms with E-state index in [0.717, 1.165) is 22.8 Å². The maximum Gasteiger partial charge on any atom is 0.469 e. The molecule has 0 unspecified atom stereocenters. The van der Waals surface area contributed by atoms with Crippen LogP contribution in [-0.4, -0.2) is 38.1 Å². The van der Waals surface area contributed by atoms with E-state index < -0.39 is 38.3 Å². The van der Waals surface area contributed by atoms with Crippen molar-refractivity contribution in [2.75, 3.05) is 13.2 Å². The molecular formula is C27H27F3N3O5P. The summed E-state index contributed by atoms with van der Waals surface area (Å²) in [6, 6.07) is 21.4. The average molecular weight is 561 g/mol. The van der Waals surface area contributed by atoms with Crippen LogP contribution in [0.25, 0.3) is 22.4 Å². The van der Waals surface area contributed by atoms with Crippen LogP contribution in [0.1, 0.15) is 22.5 Å². The van der Waals surface area contributed by atoms with Crippen molar-refractivity contribution in [3.8, 4) is 22.4 Å². The van der Waals surface area contributed by atoms with Crippen LogP contribution in [0, 0.1) is 0 Å². The number of aromatic nitrogens is 2. The Morgan fingerprint density at radius 1 is 0.923 bits per heavy atom. The minimum absolute atomic E-state index is 0.106. The van der Waals surface area contributed by atoms with E-state index in [1.807, 2.05) is 54.6 Å². The third-order valence-corrected chi connectivity index (χ3v) is 6.76. The molecule has 0 radical (unpaired) electrons. The number of benzene rings is 3. The van der Waals surface area contributed by atoms with Crippen LogP contribution in [0.2, 0.25) is 0 Å². The number of aryl methyl sites for hydroxylation is 2. The van der Waals surface area contributed by atoms with Gasteiger partial charge in [-0.1, -0.05) is 66.7 Å². The van der Waals surface area contributed by atoms with Crippen LogP contribution < -0.4 is 5.73 Å². The molecule has 0 saturated heterocycles. The molecule has 206 valence electrons. The van der Waals surface area contributed by atoms with E-state index in [1.165, 1.54) is 18.3 Å². The van der Waals surface area contributed by atoms with Gasteiger partial charge in [-0.3, -0.25) is 4.52 Å². The van der Waals surface area contributed by atoms with Gasteiger partial charge in [0.1, 0.15) is 11.4 Å². The number of aliphatic hydroxyl groups excluding tert-OH is 1. The number of hydrogen-bond acceptors (Lipinski definition) is 5. The van der Waals surface area contributed by atoms with Crippen molar-refractivity contribution in [3.63, 3.8) is 0 Å². The number of nitrogens with two attached hydrogens (primary N) is 1. The molecule has 0 aliphatic carbocycles. The molecule has 6 N–H and O–H groups in total. The number of H-pyrrole nitrogens is 1.